The first kappa shape index (κ1) is 15.0. The van der Waals surface area contributed by atoms with Crippen molar-refractivity contribution in [3.63, 3.8) is 0 Å². The van der Waals surface area contributed by atoms with Gasteiger partial charge in [0.05, 0.1) is 13.2 Å². The molecule has 102 valence electrons. The SMILES string of the molecule is COc1ccc(CCNC(C)C(OC)OC)cc1. The molecular formula is C14H23NO3. The fourth-order valence-corrected chi connectivity index (χ4v) is 1.84. The molecule has 4 heteroatoms. The summed E-state index contributed by atoms with van der Waals surface area (Å²) in [6.07, 6.45) is 0.759. The van der Waals surface area contributed by atoms with Gasteiger partial charge < -0.3 is 19.5 Å². The maximum Gasteiger partial charge on any atom is 0.171 e. The predicted octanol–water partition coefficient (Wildman–Crippen LogP) is 1.83. The molecule has 0 radical (unpaired) electrons. The number of hydrogen-bond donors (Lipinski definition) is 1. The van der Waals surface area contributed by atoms with Crippen LogP contribution in [0.15, 0.2) is 24.3 Å². The van der Waals surface area contributed by atoms with E-state index in [9.17, 15) is 0 Å². The highest BCUT2D eigenvalue weighted by Crippen LogP contribution is 2.11. The molecule has 0 saturated carbocycles. The van der Waals surface area contributed by atoms with Gasteiger partial charge in [0, 0.05) is 14.2 Å². The largest absolute Gasteiger partial charge is 0.497 e. The number of ether oxygens (including phenoxy) is 3. The Kier molecular flexibility index (Phi) is 6.72. The van der Waals surface area contributed by atoms with E-state index in [1.54, 1.807) is 21.3 Å². The smallest absolute Gasteiger partial charge is 0.171 e. The number of methoxy groups -OCH3 is 3. The fourth-order valence-electron chi connectivity index (χ4n) is 1.84. The van der Waals surface area contributed by atoms with Crippen LogP contribution < -0.4 is 10.1 Å². The Bertz CT molecular complexity index is 322. The lowest BCUT2D eigenvalue weighted by Crippen LogP contribution is -2.40. The van der Waals surface area contributed by atoms with E-state index in [-0.39, 0.29) is 12.3 Å². The monoisotopic (exact) mass is 253 g/mol. The summed E-state index contributed by atoms with van der Waals surface area (Å²) >= 11 is 0. The zero-order valence-corrected chi connectivity index (χ0v) is 11.6. The minimum atomic E-state index is -0.208. The molecule has 18 heavy (non-hydrogen) atoms. The molecule has 1 rings (SSSR count). The van der Waals surface area contributed by atoms with Crippen LogP contribution in [0.5, 0.6) is 5.75 Å². The van der Waals surface area contributed by atoms with Crippen molar-refractivity contribution in [1.29, 1.82) is 0 Å². The van der Waals surface area contributed by atoms with Crippen molar-refractivity contribution in [2.24, 2.45) is 0 Å². The normalized spacial score (nSPS) is 12.7. The van der Waals surface area contributed by atoms with Crippen LogP contribution in [-0.4, -0.2) is 40.2 Å². The van der Waals surface area contributed by atoms with Crippen molar-refractivity contribution in [3.8, 4) is 5.75 Å². The van der Waals surface area contributed by atoms with E-state index in [2.05, 4.69) is 17.4 Å². The summed E-state index contributed by atoms with van der Waals surface area (Å²) in [5.41, 5.74) is 1.28. The first-order chi connectivity index (χ1) is 8.71. The van der Waals surface area contributed by atoms with Crippen molar-refractivity contribution in [3.05, 3.63) is 29.8 Å². The van der Waals surface area contributed by atoms with E-state index in [1.807, 2.05) is 19.1 Å². The van der Waals surface area contributed by atoms with Crippen LogP contribution in [0.2, 0.25) is 0 Å². The van der Waals surface area contributed by atoms with Crippen LogP contribution in [0.1, 0.15) is 12.5 Å². The highest BCUT2D eigenvalue weighted by atomic mass is 16.7. The van der Waals surface area contributed by atoms with Crippen LogP contribution in [0.3, 0.4) is 0 Å². The summed E-state index contributed by atoms with van der Waals surface area (Å²) in [5, 5.41) is 3.38. The predicted molar refractivity (Wildman–Crippen MR) is 72.0 cm³/mol. The van der Waals surface area contributed by atoms with Gasteiger partial charge in [-0.1, -0.05) is 12.1 Å². The average Bonchev–Trinajstić information content (AvgIpc) is 2.41. The molecule has 0 bridgehead atoms. The standard InChI is InChI=1S/C14H23NO3/c1-11(14(17-3)18-4)15-10-9-12-5-7-13(16-2)8-6-12/h5-8,11,14-15H,9-10H2,1-4H3. The first-order valence-corrected chi connectivity index (χ1v) is 6.13. The summed E-state index contributed by atoms with van der Waals surface area (Å²) in [6.45, 7) is 2.93. The Morgan fingerprint density at radius 1 is 1.06 bits per heavy atom. The summed E-state index contributed by atoms with van der Waals surface area (Å²) in [6, 6.07) is 8.28. The average molecular weight is 253 g/mol. The lowest BCUT2D eigenvalue weighted by atomic mass is 10.1. The van der Waals surface area contributed by atoms with Crippen molar-refractivity contribution >= 4 is 0 Å². The third-order valence-electron chi connectivity index (χ3n) is 2.91. The lowest BCUT2D eigenvalue weighted by molar-refractivity contribution is -0.119. The molecule has 0 heterocycles. The molecule has 0 saturated heterocycles. The second kappa shape index (κ2) is 8.08. The highest BCUT2D eigenvalue weighted by molar-refractivity contribution is 5.27. The zero-order valence-electron chi connectivity index (χ0n) is 11.6. The van der Waals surface area contributed by atoms with Crippen LogP contribution in [0, 0.1) is 0 Å². The summed E-state index contributed by atoms with van der Waals surface area (Å²) in [5.74, 6) is 0.888. The van der Waals surface area contributed by atoms with Gasteiger partial charge in [0.1, 0.15) is 5.75 Å². The second-order valence-electron chi connectivity index (χ2n) is 4.18. The minimum absolute atomic E-state index is 0.165. The van der Waals surface area contributed by atoms with Crippen molar-refractivity contribution in [2.45, 2.75) is 25.7 Å². The molecule has 4 nitrogen and oxygen atoms in total. The third-order valence-corrected chi connectivity index (χ3v) is 2.91. The summed E-state index contributed by atoms with van der Waals surface area (Å²) in [7, 11) is 4.97. The quantitative estimate of drug-likeness (QED) is 0.718. The molecule has 0 amide bonds. The van der Waals surface area contributed by atoms with Gasteiger partial charge in [0.2, 0.25) is 0 Å². The Balaban J connectivity index is 2.32. The number of rotatable bonds is 8. The van der Waals surface area contributed by atoms with E-state index >= 15 is 0 Å². The molecular weight excluding hydrogens is 230 g/mol. The van der Waals surface area contributed by atoms with Crippen molar-refractivity contribution in [2.75, 3.05) is 27.9 Å². The van der Waals surface area contributed by atoms with Crippen LogP contribution in [0.4, 0.5) is 0 Å². The van der Waals surface area contributed by atoms with Crippen LogP contribution >= 0.6 is 0 Å². The van der Waals surface area contributed by atoms with Gasteiger partial charge >= 0.3 is 0 Å². The molecule has 0 aliphatic rings. The maximum absolute atomic E-state index is 5.19. The molecule has 1 aromatic carbocycles. The molecule has 1 N–H and O–H groups in total. The van der Waals surface area contributed by atoms with Crippen LogP contribution in [-0.2, 0) is 15.9 Å². The highest BCUT2D eigenvalue weighted by Gasteiger charge is 2.14. The van der Waals surface area contributed by atoms with Gasteiger partial charge in [-0.2, -0.15) is 0 Å². The lowest BCUT2D eigenvalue weighted by Gasteiger charge is -2.22. The van der Waals surface area contributed by atoms with Gasteiger partial charge in [-0.05, 0) is 37.6 Å². The van der Waals surface area contributed by atoms with Gasteiger partial charge in [-0.25, -0.2) is 0 Å². The van der Waals surface area contributed by atoms with Gasteiger partial charge in [0.25, 0.3) is 0 Å². The number of benzene rings is 1. The molecule has 0 aromatic heterocycles. The zero-order chi connectivity index (χ0) is 13.4. The van der Waals surface area contributed by atoms with E-state index in [0.29, 0.717) is 0 Å². The van der Waals surface area contributed by atoms with Crippen LogP contribution in [0.25, 0.3) is 0 Å². The molecule has 0 fully saturated rings. The molecule has 1 unspecified atom stereocenters. The van der Waals surface area contributed by atoms with E-state index in [0.717, 1.165) is 18.7 Å². The summed E-state index contributed by atoms with van der Waals surface area (Å²) < 4.78 is 15.5. The van der Waals surface area contributed by atoms with E-state index in [4.69, 9.17) is 14.2 Å². The minimum Gasteiger partial charge on any atom is -0.497 e. The molecule has 1 aromatic rings. The summed E-state index contributed by atoms with van der Waals surface area (Å²) in [4.78, 5) is 0. The Hall–Kier alpha value is -1.10. The molecule has 0 aliphatic carbocycles. The second-order valence-corrected chi connectivity index (χ2v) is 4.18. The fraction of sp³-hybridized carbons (Fsp3) is 0.571. The Morgan fingerprint density at radius 2 is 1.67 bits per heavy atom. The maximum atomic E-state index is 5.19. The third kappa shape index (κ3) is 4.64. The molecule has 1 atom stereocenters. The van der Waals surface area contributed by atoms with E-state index in [1.165, 1.54) is 5.56 Å². The molecule has 0 spiro atoms. The van der Waals surface area contributed by atoms with E-state index < -0.39 is 0 Å². The Morgan fingerprint density at radius 3 is 2.17 bits per heavy atom. The van der Waals surface area contributed by atoms with Gasteiger partial charge in [-0.15, -0.1) is 0 Å². The van der Waals surface area contributed by atoms with Gasteiger partial charge in [0.15, 0.2) is 6.29 Å². The van der Waals surface area contributed by atoms with Crippen molar-refractivity contribution < 1.29 is 14.2 Å². The van der Waals surface area contributed by atoms with Crippen molar-refractivity contribution in [1.82, 2.24) is 5.32 Å². The number of nitrogens with one attached hydrogen (secondary N) is 1. The topological polar surface area (TPSA) is 39.7 Å². The van der Waals surface area contributed by atoms with Gasteiger partial charge in [-0.3, -0.25) is 0 Å². The first-order valence-electron chi connectivity index (χ1n) is 6.13. The molecule has 0 aliphatic heterocycles. The number of hydrogen-bond acceptors (Lipinski definition) is 4. The Labute approximate surface area is 109 Å².